The van der Waals surface area contributed by atoms with Crippen LogP contribution in [0.2, 0.25) is 0 Å². The van der Waals surface area contributed by atoms with Crippen LogP contribution in [0.25, 0.3) is 0 Å². The summed E-state index contributed by atoms with van der Waals surface area (Å²) in [5.41, 5.74) is 2.18. The number of amides is 1. The van der Waals surface area contributed by atoms with Gasteiger partial charge in [0.2, 0.25) is 5.91 Å². The third-order valence-corrected chi connectivity index (χ3v) is 3.10. The topological polar surface area (TPSA) is 68.0 Å². The monoisotopic (exact) mass is 225 g/mol. The molecule has 1 atom stereocenters. The van der Waals surface area contributed by atoms with Crippen molar-refractivity contribution in [2.45, 2.75) is 30.0 Å². The second-order valence-corrected chi connectivity index (χ2v) is 4.29. The van der Waals surface area contributed by atoms with Crippen molar-refractivity contribution in [2.24, 2.45) is 5.84 Å². The van der Waals surface area contributed by atoms with Gasteiger partial charge in [0.05, 0.1) is 10.3 Å². The molecule has 0 aromatic carbocycles. The molecule has 5 heteroatoms. The summed E-state index contributed by atoms with van der Waals surface area (Å²) in [6.07, 6.45) is 3.45. The molecular weight excluding hydrogens is 210 g/mol. The molecule has 0 radical (unpaired) electrons. The zero-order valence-corrected chi connectivity index (χ0v) is 9.46. The van der Waals surface area contributed by atoms with Crippen molar-refractivity contribution in [3.63, 3.8) is 0 Å². The SMILES string of the molecule is CCCC(Sc1ccccn1)C(=O)NN. The summed E-state index contributed by atoms with van der Waals surface area (Å²) in [5.74, 6) is 4.98. The number of aromatic nitrogens is 1. The van der Waals surface area contributed by atoms with E-state index < -0.39 is 0 Å². The average Bonchev–Trinajstić information content (AvgIpc) is 2.29. The van der Waals surface area contributed by atoms with Crippen LogP contribution in [-0.4, -0.2) is 16.1 Å². The molecule has 1 aromatic rings. The van der Waals surface area contributed by atoms with Crippen LogP contribution in [0.3, 0.4) is 0 Å². The largest absolute Gasteiger partial charge is 0.293 e. The zero-order valence-electron chi connectivity index (χ0n) is 8.64. The van der Waals surface area contributed by atoms with Crippen molar-refractivity contribution < 1.29 is 4.79 Å². The van der Waals surface area contributed by atoms with Crippen LogP contribution in [0.4, 0.5) is 0 Å². The number of hydrazine groups is 1. The molecular formula is C10H15N3OS. The summed E-state index contributed by atoms with van der Waals surface area (Å²) in [7, 11) is 0. The third kappa shape index (κ3) is 3.89. The maximum absolute atomic E-state index is 11.4. The molecule has 1 rings (SSSR count). The van der Waals surface area contributed by atoms with Gasteiger partial charge in [0, 0.05) is 6.20 Å². The molecule has 0 spiro atoms. The van der Waals surface area contributed by atoms with E-state index in [1.54, 1.807) is 6.20 Å². The maximum Gasteiger partial charge on any atom is 0.247 e. The van der Waals surface area contributed by atoms with Crippen molar-refractivity contribution in [3.8, 4) is 0 Å². The van der Waals surface area contributed by atoms with Gasteiger partial charge in [0.25, 0.3) is 0 Å². The predicted molar refractivity (Wildman–Crippen MR) is 61.1 cm³/mol. The number of nitrogens with zero attached hydrogens (tertiary/aromatic N) is 1. The van der Waals surface area contributed by atoms with Gasteiger partial charge in [0.15, 0.2) is 0 Å². The number of hydrogen-bond acceptors (Lipinski definition) is 4. The molecule has 4 nitrogen and oxygen atoms in total. The highest BCUT2D eigenvalue weighted by Gasteiger charge is 2.18. The Kier molecular flexibility index (Phi) is 5.14. The highest BCUT2D eigenvalue weighted by Crippen LogP contribution is 2.24. The fraction of sp³-hybridized carbons (Fsp3) is 0.400. The fourth-order valence-corrected chi connectivity index (χ4v) is 2.26. The predicted octanol–water partition coefficient (Wildman–Crippen LogP) is 1.33. The van der Waals surface area contributed by atoms with E-state index in [2.05, 4.69) is 10.4 Å². The Hall–Kier alpha value is -1.07. The van der Waals surface area contributed by atoms with Gasteiger partial charge in [-0.3, -0.25) is 10.2 Å². The van der Waals surface area contributed by atoms with Crippen LogP contribution >= 0.6 is 11.8 Å². The Morgan fingerprint density at radius 3 is 3.00 bits per heavy atom. The van der Waals surface area contributed by atoms with E-state index in [0.29, 0.717) is 0 Å². The Labute approximate surface area is 93.6 Å². The minimum atomic E-state index is -0.158. The van der Waals surface area contributed by atoms with Crippen LogP contribution in [0.5, 0.6) is 0 Å². The minimum absolute atomic E-state index is 0.146. The first-order valence-electron chi connectivity index (χ1n) is 4.86. The summed E-state index contributed by atoms with van der Waals surface area (Å²) in [6.45, 7) is 2.04. The molecule has 15 heavy (non-hydrogen) atoms. The van der Waals surface area contributed by atoms with E-state index >= 15 is 0 Å². The molecule has 0 aliphatic carbocycles. The van der Waals surface area contributed by atoms with Gasteiger partial charge in [-0.25, -0.2) is 10.8 Å². The maximum atomic E-state index is 11.4. The standard InChI is InChI=1S/C10H15N3OS/c1-2-5-8(10(14)13-11)15-9-6-3-4-7-12-9/h3-4,6-8H,2,5,11H2,1H3,(H,13,14). The Balaban J connectivity index is 2.62. The van der Waals surface area contributed by atoms with Gasteiger partial charge in [0.1, 0.15) is 0 Å². The number of carbonyl (C=O) groups is 1. The normalized spacial score (nSPS) is 12.1. The number of pyridine rings is 1. The lowest BCUT2D eigenvalue weighted by molar-refractivity contribution is -0.120. The Morgan fingerprint density at radius 1 is 1.67 bits per heavy atom. The number of nitrogens with one attached hydrogen (secondary N) is 1. The first-order valence-corrected chi connectivity index (χ1v) is 5.74. The van der Waals surface area contributed by atoms with Crippen LogP contribution in [-0.2, 0) is 4.79 Å². The number of hydrogen-bond donors (Lipinski definition) is 2. The third-order valence-electron chi connectivity index (χ3n) is 1.89. The highest BCUT2D eigenvalue weighted by atomic mass is 32.2. The number of rotatable bonds is 5. The van der Waals surface area contributed by atoms with Crippen LogP contribution in [0, 0.1) is 0 Å². The van der Waals surface area contributed by atoms with Gasteiger partial charge < -0.3 is 0 Å². The summed E-state index contributed by atoms with van der Waals surface area (Å²) in [6, 6.07) is 5.64. The van der Waals surface area contributed by atoms with Gasteiger partial charge in [-0.1, -0.05) is 31.2 Å². The van der Waals surface area contributed by atoms with E-state index in [0.717, 1.165) is 17.9 Å². The molecule has 1 amide bonds. The molecule has 0 aliphatic heterocycles. The molecule has 1 unspecified atom stereocenters. The second-order valence-electron chi connectivity index (χ2n) is 3.07. The average molecular weight is 225 g/mol. The van der Waals surface area contributed by atoms with E-state index in [4.69, 9.17) is 5.84 Å². The lowest BCUT2D eigenvalue weighted by Crippen LogP contribution is -2.37. The van der Waals surface area contributed by atoms with Crippen molar-refractivity contribution in [1.82, 2.24) is 10.4 Å². The van der Waals surface area contributed by atoms with Crippen LogP contribution < -0.4 is 11.3 Å². The first kappa shape index (κ1) is 12.0. The fourth-order valence-electron chi connectivity index (χ4n) is 1.16. The van der Waals surface area contributed by atoms with Crippen LogP contribution in [0.1, 0.15) is 19.8 Å². The van der Waals surface area contributed by atoms with Gasteiger partial charge >= 0.3 is 0 Å². The highest BCUT2D eigenvalue weighted by molar-refractivity contribution is 8.00. The zero-order chi connectivity index (χ0) is 11.1. The lowest BCUT2D eigenvalue weighted by atomic mass is 10.2. The van der Waals surface area contributed by atoms with Crippen molar-refractivity contribution in [2.75, 3.05) is 0 Å². The van der Waals surface area contributed by atoms with Gasteiger partial charge in [-0.05, 0) is 18.6 Å². The van der Waals surface area contributed by atoms with Gasteiger partial charge in [-0.15, -0.1) is 0 Å². The summed E-state index contributed by atoms with van der Waals surface area (Å²) in [5, 5.41) is 0.689. The molecule has 1 heterocycles. The Bertz CT molecular complexity index is 305. The molecule has 0 saturated heterocycles. The molecule has 0 bridgehead atoms. The van der Waals surface area contributed by atoms with Gasteiger partial charge in [-0.2, -0.15) is 0 Å². The lowest BCUT2D eigenvalue weighted by Gasteiger charge is -2.12. The number of nitrogens with two attached hydrogens (primary N) is 1. The smallest absolute Gasteiger partial charge is 0.247 e. The van der Waals surface area contributed by atoms with Crippen molar-refractivity contribution in [1.29, 1.82) is 0 Å². The molecule has 1 aromatic heterocycles. The van der Waals surface area contributed by atoms with E-state index in [1.165, 1.54) is 11.8 Å². The molecule has 3 N–H and O–H groups in total. The summed E-state index contributed by atoms with van der Waals surface area (Å²) < 4.78 is 0. The Morgan fingerprint density at radius 2 is 2.47 bits per heavy atom. The molecule has 0 aliphatic rings. The quantitative estimate of drug-likeness (QED) is 0.343. The first-order chi connectivity index (χ1) is 7.27. The van der Waals surface area contributed by atoms with E-state index in [9.17, 15) is 4.79 Å². The second kappa shape index (κ2) is 6.42. The minimum Gasteiger partial charge on any atom is -0.293 e. The van der Waals surface area contributed by atoms with E-state index in [1.807, 2.05) is 25.1 Å². The van der Waals surface area contributed by atoms with Crippen molar-refractivity contribution in [3.05, 3.63) is 24.4 Å². The summed E-state index contributed by atoms with van der Waals surface area (Å²) >= 11 is 1.44. The molecule has 82 valence electrons. The van der Waals surface area contributed by atoms with Crippen molar-refractivity contribution >= 4 is 17.7 Å². The number of carbonyl (C=O) groups excluding carboxylic acids is 1. The van der Waals surface area contributed by atoms with E-state index in [-0.39, 0.29) is 11.2 Å². The summed E-state index contributed by atoms with van der Waals surface area (Å²) in [4.78, 5) is 15.6. The van der Waals surface area contributed by atoms with Crippen LogP contribution in [0.15, 0.2) is 29.4 Å². The molecule has 0 saturated carbocycles. The number of thioether (sulfide) groups is 1. The molecule has 0 fully saturated rings.